The molecule has 0 atom stereocenters. The lowest BCUT2D eigenvalue weighted by Gasteiger charge is -1.97. The molecular formula is C11H8N2O3S. The van der Waals surface area contributed by atoms with Crippen LogP contribution < -0.4 is 10.6 Å². The summed E-state index contributed by atoms with van der Waals surface area (Å²) in [4.78, 5) is 22.0. The average Bonchev–Trinajstić information content (AvgIpc) is 2.58. The number of carbonyl (C=O) groups is 2. The molecule has 1 heterocycles. The summed E-state index contributed by atoms with van der Waals surface area (Å²) in [7, 11) is 0. The number of rotatable bonds is 2. The summed E-state index contributed by atoms with van der Waals surface area (Å²) in [6.45, 7) is 0. The minimum Gasteiger partial charge on any atom is -0.478 e. The Bertz CT molecular complexity index is 534. The minimum absolute atomic E-state index is 0.200. The molecule has 1 aromatic carbocycles. The zero-order valence-corrected chi connectivity index (χ0v) is 9.38. The first-order valence-electron chi connectivity index (χ1n) is 4.73. The predicted octanol–water partition coefficient (Wildman–Crippen LogP) is 0.730. The van der Waals surface area contributed by atoms with Gasteiger partial charge in [0.2, 0.25) is 0 Å². The Morgan fingerprint density at radius 1 is 1.24 bits per heavy atom. The van der Waals surface area contributed by atoms with Crippen LogP contribution in [0.25, 0.3) is 6.08 Å². The molecule has 0 aromatic heterocycles. The van der Waals surface area contributed by atoms with E-state index in [0.717, 1.165) is 5.56 Å². The molecule has 0 aliphatic carbocycles. The molecule has 1 aliphatic rings. The average molecular weight is 248 g/mol. The molecule has 0 spiro atoms. The van der Waals surface area contributed by atoms with Gasteiger partial charge in [-0.05, 0) is 36.0 Å². The third-order valence-corrected chi connectivity index (χ3v) is 2.39. The molecule has 1 saturated heterocycles. The lowest BCUT2D eigenvalue weighted by Crippen LogP contribution is -2.21. The van der Waals surface area contributed by atoms with Crippen molar-refractivity contribution in [3.05, 3.63) is 41.1 Å². The first-order chi connectivity index (χ1) is 8.06. The highest BCUT2D eigenvalue weighted by atomic mass is 32.1. The maximum atomic E-state index is 11.3. The first-order valence-corrected chi connectivity index (χ1v) is 5.14. The van der Waals surface area contributed by atoms with E-state index in [9.17, 15) is 9.59 Å². The number of carbonyl (C=O) groups excluding carboxylic acids is 1. The highest BCUT2D eigenvalue weighted by molar-refractivity contribution is 7.80. The van der Waals surface area contributed by atoms with Crippen LogP contribution >= 0.6 is 12.2 Å². The fourth-order valence-corrected chi connectivity index (χ4v) is 1.57. The molecule has 0 radical (unpaired) electrons. The molecule has 17 heavy (non-hydrogen) atoms. The second kappa shape index (κ2) is 4.34. The molecular weight excluding hydrogens is 240 g/mol. The molecule has 1 aliphatic heterocycles. The maximum Gasteiger partial charge on any atom is 0.335 e. The van der Waals surface area contributed by atoms with Gasteiger partial charge in [-0.25, -0.2) is 4.79 Å². The van der Waals surface area contributed by atoms with Gasteiger partial charge in [-0.2, -0.15) is 0 Å². The summed E-state index contributed by atoms with van der Waals surface area (Å²) < 4.78 is 0. The van der Waals surface area contributed by atoms with Crippen LogP contribution in [0.3, 0.4) is 0 Å². The Hall–Kier alpha value is -2.21. The van der Waals surface area contributed by atoms with Gasteiger partial charge in [-0.1, -0.05) is 12.1 Å². The Balaban J connectivity index is 2.24. The normalized spacial score (nSPS) is 16.8. The number of amides is 1. The number of thiocarbonyl (C=S) groups is 1. The Morgan fingerprint density at radius 2 is 1.88 bits per heavy atom. The highest BCUT2D eigenvalue weighted by Gasteiger charge is 2.19. The Kier molecular flexibility index (Phi) is 2.88. The molecule has 1 fully saturated rings. The van der Waals surface area contributed by atoms with Gasteiger partial charge in [0.25, 0.3) is 5.91 Å². The summed E-state index contributed by atoms with van der Waals surface area (Å²) >= 11 is 4.78. The molecule has 5 nitrogen and oxygen atoms in total. The van der Waals surface area contributed by atoms with Gasteiger partial charge in [0.15, 0.2) is 5.11 Å². The summed E-state index contributed by atoms with van der Waals surface area (Å²) in [5.74, 6) is -1.28. The van der Waals surface area contributed by atoms with Gasteiger partial charge >= 0.3 is 5.97 Å². The monoisotopic (exact) mass is 248 g/mol. The van der Waals surface area contributed by atoms with Gasteiger partial charge < -0.3 is 10.4 Å². The standard InChI is InChI=1S/C11H8N2O3S/c14-9-8(12-11(17)13-9)5-6-1-3-7(4-2-6)10(15)16/h1-5H,(H,15,16)(H2,12,13,14,17)/b8-5-. The summed E-state index contributed by atoms with van der Waals surface area (Å²) in [5.41, 5.74) is 1.27. The molecule has 0 bridgehead atoms. The number of hydrogen-bond donors (Lipinski definition) is 3. The molecule has 6 heteroatoms. The van der Waals surface area contributed by atoms with Crippen LogP contribution in [0, 0.1) is 0 Å². The Labute approximate surface area is 102 Å². The number of carboxylic acids is 1. The minimum atomic E-state index is -0.984. The third-order valence-electron chi connectivity index (χ3n) is 2.19. The molecule has 86 valence electrons. The summed E-state index contributed by atoms with van der Waals surface area (Å²) in [5, 5.41) is 14.1. The van der Waals surface area contributed by atoms with Crippen molar-refractivity contribution < 1.29 is 14.7 Å². The van der Waals surface area contributed by atoms with E-state index < -0.39 is 5.97 Å². The Morgan fingerprint density at radius 3 is 2.35 bits per heavy atom. The SMILES string of the molecule is O=C1NC(=S)N/C1=C\c1ccc(C(=O)O)cc1. The van der Waals surface area contributed by atoms with E-state index >= 15 is 0 Å². The summed E-state index contributed by atoms with van der Waals surface area (Å²) in [6.07, 6.45) is 1.60. The van der Waals surface area contributed by atoms with Crippen molar-refractivity contribution in [2.75, 3.05) is 0 Å². The van der Waals surface area contributed by atoms with E-state index in [4.69, 9.17) is 17.3 Å². The largest absolute Gasteiger partial charge is 0.478 e. The fraction of sp³-hybridized carbons (Fsp3) is 0. The lowest BCUT2D eigenvalue weighted by molar-refractivity contribution is -0.115. The van der Waals surface area contributed by atoms with Gasteiger partial charge in [0.05, 0.1) is 5.56 Å². The molecule has 1 amide bonds. The van der Waals surface area contributed by atoms with E-state index in [1.54, 1.807) is 18.2 Å². The first kappa shape index (κ1) is 11.3. The molecule has 0 saturated carbocycles. The number of aromatic carboxylic acids is 1. The van der Waals surface area contributed by atoms with Gasteiger partial charge in [-0.3, -0.25) is 10.1 Å². The van der Waals surface area contributed by atoms with E-state index in [1.807, 2.05) is 0 Å². The second-order valence-electron chi connectivity index (χ2n) is 3.39. The highest BCUT2D eigenvalue weighted by Crippen LogP contribution is 2.10. The number of hydrogen-bond acceptors (Lipinski definition) is 3. The number of carboxylic acid groups (broad SMARTS) is 1. The fourth-order valence-electron chi connectivity index (χ4n) is 1.37. The van der Waals surface area contributed by atoms with E-state index in [1.165, 1.54) is 12.1 Å². The lowest BCUT2D eigenvalue weighted by atomic mass is 10.1. The molecule has 3 N–H and O–H groups in total. The maximum absolute atomic E-state index is 11.3. The predicted molar refractivity (Wildman–Crippen MR) is 65.3 cm³/mol. The molecule has 0 unspecified atom stereocenters. The number of nitrogens with one attached hydrogen (secondary N) is 2. The zero-order chi connectivity index (χ0) is 12.4. The molecule has 1 aromatic rings. The zero-order valence-electron chi connectivity index (χ0n) is 8.56. The van der Waals surface area contributed by atoms with Gasteiger partial charge in [0, 0.05) is 0 Å². The number of benzene rings is 1. The van der Waals surface area contributed by atoms with Crippen LogP contribution in [0.1, 0.15) is 15.9 Å². The van der Waals surface area contributed by atoms with Crippen LogP contribution in [0.4, 0.5) is 0 Å². The second-order valence-corrected chi connectivity index (χ2v) is 3.80. The van der Waals surface area contributed by atoms with Crippen molar-refractivity contribution >= 4 is 35.3 Å². The smallest absolute Gasteiger partial charge is 0.335 e. The van der Waals surface area contributed by atoms with Crippen molar-refractivity contribution in [1.29, 1.82) is 0 Å². The van der Waals surface area contributed by atoms with Crippen LogP contribution in [0.5, 0.6) is 0 Å². The van der Waals surface area contributed by atoms with Crippen molar-refractivity contribution in [2.24, 2.45) is 0 Å². The van der Waals surface area contributed by atoms with Crippen LogP contribution in [0.2, 0.25) is 0 Å². The topological polar surface area (TPSA) is 78.4 Å². The summed E-state index contributed by atoms with van der Waals surface area (Å²) in [6, 6.07) is 6.18. The van der Waals surface area contributed by atoms with Crippen LogP contribution in [0.15, 0.2) is 30.0 Å². The van der Waals surface area contributed by atoms with Gasteiger partial charge in [0.1, 0.15) is 5.70 Å². The van der Waals surface area contributed by atoms with Crippen molar-refractivity contribution in [2.45, 2.75) is 0 Å². The quantitative estimate of drug-likeness (QED) is 0.531. The van der Waals surface area contributed by atoms with Gasteiger partial charge in [-0.15, -0.1) is 0 Å². The van der Waals surface area contributed by atoms with Crippen molar-refractivity contribution in [3.63, 3.8) is 0 Å². The third kappa shape index (κ3) is 2.48. The van der Waals surface area contributed by atoms with E-state index in [-0.39, 0.29) is 16.6 Å². The van der Waals surface area contributed by atoms with Crippen molar-refractivity contribution in [3.8, 4) is 0 Å². The van der Waals surface area contributed by atoms with Crippen LogP contribution in [-0.2, 0) is 4.79 Å². The van der Waals surface area contributed by atoms with E-state index in [2.05, 4.69) is 10.6 Å². The van der Waals surface area contributed by atoms with Crippen molar-refractivity contribution in [1.82, 2.24) is 10.6 Å². The van der Waals surface area contributed by atoms with E-state index in [0.29, 0.717) is 5.70 Å². The molecule has 2 rings (SSSR count). The van der Waals surface area contributed by atoms with Crippen LogP contribution in [-0.4, -0.2) is 22.1 Å².